The molecule has 0 heterocycles. The minimum Gasteiger partial charge on any atom is -0.126 e. The van der Waals surface area contributed by atoms with E-state index in [1.165, 1.54) is 44.9 Å². The molecule has 1 heteroatoms. The standard InChI is InChI=1S/C14H25Cl/c1-3-6-14(2,10-15)9-13-8-11-4-5-12(13)7-11/h11-13H,3-10H2,1-2H3. The van der Waals surface area contributed by atoms with Crippen LogP contribution in [-0.2, 0) is 0 Å². The zero-order valence-electron chi connectivity index (χ0n) is 10.3. The molecule has 0 aromatic carbocycles. The summed E-state index contributed by atoms with van der Waals surface area (Å²) in [6.45, 7) is 4.68. The highest BCUT2D eigenvalue weighted by Gasteiger charge is 2.41. The predicted octanol–water partition coefficient (Wildman–Crippen LogP) is 4.86. The Balaban J connectivity index is 1.89. The fraction of sp³-hybridized carbons (Fsp3) is 1.00. The molecule has 2 aliphatic carbocycles. The minimum absolute atomic E-state index is 0.422. The lowest BCUT2D eigenvalue weighted by Gasteiger charge is -2.33. The minimum atomic E-state index is 0.422. The Kier molecular flexibility index (Phi) is 3.65. The van der Waals surface area contributed by atoms with Crippen molar-refractivity contribution in [3.05, 3.63) is 0 Å². The largest absolute Gasteiger partial charge is 0.126 e. The molecule has 0 aromatic heterocycles. The quantitative estimate of drug-likeness (QED) is 0.590. The molecule has 2 rings (SSSR count). The molecule has 0 aromatic rings. The Morgan fingerprint density at radius 1 is 1.27 bits per heavy atom. The van der Waals surface area contributed by atoms with Gasteiger partial charge in [-0.1, -0.05) is 26.7 Å². The van der Waals surface area contributed by atoms with Crippen LogP contribution in [0.25, 0.3) is 0 Å². The Morgan fingerprint density at radius 2 is 2.07 bits per heavy atom. The number of hydrogen-bond donors (Lipinski definition) is 0. The molecule has 0 nitrogen and oxygen atoms in total. The average Bonchev–Trinajstić information content (AvgIpc) is 2.79. The van der Waals surface area contributed by atoms with Crippen LogP contribution in [0.5, 0.6) is 0 Å². The van der Waals surface area contributed by atoms with Gasteiger partial charge in [-0.25, -0.2) is 0 Å². The molecule has 0 radical (unpaired) electrons. The molecule has 0 aliphatic heterocycles. The van der Waals surface area contributed by atoms with Crippen molar-refractivity contribution in [1.29, 1.82) is 0 Å². The van der Waals surface area contributed by atoms with E-state index in [0.717, 1.165) is 23.6 Å². The Hall–Kier alpha value is 0.290. The van der Waals surface area contributed by atoms with Gasteiger partial charge in [-0.15, -0.1) is 11.6 Å². The molecule has 0 amide bonds. The van der Waals surface area contributed by atoms with Gasteiger partial charge in [0.25, 0.3) is 0 Å². The van der Waals surface area contributed by atoms with Crippen molar-refractivity contribution in [2.24, 2.45) is 23.2 Å². The summed E-state index contributed by atoms with van der Waals surface area (Å²) in [5.74, 6) is 4.02. The second kappa shape index (κ2) is 4.65. The third-order valence-electron chi connectivity index (χ3n) is 4.82. The molecule has 2 bridgehead atoms. The number of alkyl halides is 1. The predicted molar refractivity (Wildman–Crippen MR) is 67.3 cm³/mol. The first-order chi connectivity index (χ1) is 7.17. The number of fused-ring (bicyclic) bond motifs is 2. The van der Waals surface area contributed by atoms with Crippen molar-refractivity contribution in [3.8, 4) is 0 Å². The van der Waals surface area contributed by atoms with Gasteiger partial charge in [-0.2, -0.15) is 0 Å². The van der Waals surface area contributed by atoms with E-state index in [-0.39, 0.29) is 0 Å². The summed E-state index contributed by atoms with van der Waals surface area (Å²) in [5.41, 5.74) is 0.422. The van der Waals surface area contributed by atoms with Crippen LogP contribution in [0.15, 0.2) is 0 Å². The fourth-order valence-electron chi connectivity index (χ4n) is 4.09. The second-order valence-corrected chi connectivity index (χ2v) is 6.60. The first kappa shape index (κ1) is 11.8. The summed E-state index contributed by atoms with van der Waals surface area (Å²) in [7, 11) is 0. The van der Waals surface area contributed by atoms with E-state index in [9.17, 15) is 0 Å². The van der Waals surface area contributed by atoms with E-state index in [4.69, 9.17) is 11.6 Å². The molecular formula is C14H25Cl. The van der Waals surface area contributed by atoms with Crippen molar-refractivity contribution in [1.82, 2.24) is 0 Å². The molecule has 0 N–H and O–H groups in total. The molecular weight excluding hydrogens is 204 g/mol. The highest BCUT2D eigenvalue weighted by Crippen LogP contribution is 2.52. The van der Waals surface area contributed by atoms with E-state index < -0.39 is 0 Å². The van der Waals surface area contributed by atoms with Crippen LogP contribution < -0.4 is 0 Å². The lowest BCUT2D eigenvalue weighted by molar-refractivity contribution is 0.198. The fourth-order valence-corrected chi connectivity index (χ4v) is 4.33. The van der Waals surface area contributed by atoms with Crippen LogP contribution in [0.2, 0.25) is 0 Å². The topological polar surface area (TPSA) is 0 Å². The Morgan fingerprint density at radius 3 is 2.53 bits per heavy atom. The van der Waals surface area contributed by atoms with Gasteiger partial charge in [0, 0.05) is 5.88 Å². The summed E-state index contributed by atoms with van der Waals surface area (Å²) in [6, 6.07) is 0. The van der Waals surface area contributed by atoms with E-state index in [2.05, 4.69) is 13.8 Å². The Labute approximate surface area is 99.8 Å². The Bertz CT molecular complexity index is 213. The first-order valence-electron chi connectivity index (χ1n) is 6.73. The van der Waals surface area contributed by atoms with E-state index >= 15 is 0 Å². The van der Waals surface area contributed by atoms with Gasteiger partial charge in [-0.05, 0) is 55.3 Å². The molecule has 4 unspecified atom stereocenters. The van der Waals surface area contributed by atoms with E-state index in [1.807, 2.05) is 0 Å². The van der Waals surface area contributed by atoms with Crippen LogP contribution in [0.4, 0.5) is 0 Å². The smallest absolute Gasteiger partial charge is 0.0277 e. The average molecular weight is 229 g/mol. The molecule has 2 aliphatic rings. The van der Waals surface area contributed by atoms with E-state index in [1.54, 1.807) is 0 Å². The molecule has 0 spiro atoms. The highest BCUT2D eigenvalue weighted by molar-refractivity contribution is 6.18. The summed E-state index contributed by atoms with van der Waals surface area (Å²) >= 11 is 6.17. The van der Waals surface area contributed by atoms with Gasteiger partial charge in [0.1, 0.15) is 0 Å². The summed E-state index contributed by atoms with van der Waals surface area (Å²) in [6.07, 6.45) is 10.1. The van der Waals surface area contributed by atoms with Crippen molar-refractivity contribution in [3.63, 3.8) is 0 Å². The monoisotopic (exact) mass is 228 g/mol. The maximum atomic E-state index is 6.17. The normalized spacial score (nSPS) is 38.2. The van der Waals surface area contributed by atoms with Crippen LogP contribution in [0, 0.1) is 23.2 Å². The molecule has 88 valence electrons. The molecule has 15 heavy (non-hydrogen) atoms. The van der Waals surface area contributed by atoms with Crippen LogP contribution in [0.1, 0.15) is 58.8 Å². The number of halogens is 1. The van der Waals surface area contributed by atoms with Crippen molar-refractivity contribution in [2.75, 3.05) is 5.88 Å². The van der Waals surface area contributed by atoms with Gasteiger partial charge in [0.15, 0.2) is 0 Å². The van der Waals surface area contributed by atoms with Gasteiger partial charge in [0.2, 0.25) is 0 Å². The van der Waals surface area contributed by atoms with Crippen molar-refractivity contribution in [2.45, 2.75) is 58.8 Å². The van der Waals surface area contributed by atoms with E-state index in [0.29, 0.717) is 5.41 Å². The molecule has 0 saturated heterocycles. The SMILES string of the molecule is CCCC(C)(CCl)CC1CC2CCC1C2. The summed E-state index contributed by atoms with van der Waals surface area (Å²) in [5, 5.41) is 0. The van der Waals surface area contributed by atoms with Crippen LogP contribution in [0.3, 0.4) is 0 Å². The maximum absolute atomic E-state index is 6.17. The summed E-state index contributed by atoms with van der Waals surface area (Å²) in [4.78, 5) is 0. The zero-order valence-corrected chi connectivity index (χ0v) is 11.0. The number of hydrogen-bond acceptors (Lipinski definition) is 0. The lowest BCUT2D eigenvalue weighted by Crippen LogP contribution is -2.25. The lowest BCUT2D eigenvalue weighted by atomic mass is 9.74. The van der Waals surface area contributed by atoms with Gasteiger partial charge in [0.05, 0.1) is 0 Å². The van der Waals surface area contributed by atoms with Gasteiger partial charge in [-0.3, -0.25) is 0 Å². The highest BCUT2D eigenvalue weighted by atomic mass is 35.5. The number of rotatable bonds is 5. The van der Waals surface area contributed by atoms with Crippen LogP contribution in [-0.4, -0.2) is 5.88 Å². The van der Waals surface area contributed by atoms with Crippen molar-refractivity contribution >= 4 is 11.6 Å². The third kappa shape index (κ3) is 2.52. The molecule has 2 fully saturated rings. The zero-order chi connectivity index (χ0) is 10.9. The second-order valence-electron chi connectivity index (χ2n) is 6.33. The van der Waals surface area contributed by atoms with Crippen molar-refractivity contribution < 1.29 is 0 Å². The molecule has 2 saturated carbocycles. The molecule has 4 atom stereocenters. The van der Waals surface area contributed by atoms with Gasteiger partial charge < -0.3 is 0 Å². The van der Waals surface area contributed by atoms with Crippen LogP contribution >= 0.6 is 11.6 Å². The van der Waals surface area contributed by atoms with Gasteiger partial charge >= 0.3 is 0 Å². The first-order valence-corrected chi connectivity index (χ1v) is 7.26. The summed E-state index contributed by atoms with van der Waals surface area (Å²) < 4.78 is 0. The maximum Gasteiger partial charge on any atom is 0.0277 e. The third-order valence-corrected chi connectivity index (χ3v) is 5.46.